The smallest absolute Gasteiger partial charge is 0.271 e. The molecule has 0 aliphatic carbocycles. The maximum absolute atomic E-state index is 12.1. The zero-order valence-corrected chi connectivity index (χ0v) is 12.8. The van der Waals surface area contributed by atoms with Crippen LogP contribution in [0, 0.1) is 0 Å². The van der Waals surface area contributed by atoms with Crippen molar-refractivity contribution in [2.45, 2.75) is 12.5 Å². The van der Waals surface area contributed by atoms with Crippen LogP contribution in [0.4, 0.5) is 0 Å². The van der Waals surface area contributed by atoms with Crippen LogP contribution in [-0.2, 0) is 9.53 Å². The fraction of sp³-hybridized carbons (Fsp3) is 0.286. The molecule has 0 aliphatic rings. The second-order valence-electron chi connectivity index (χ2n) is 4.46. The van der Waals surface area contributed by atoms with E-state index >= 15 is 0 Å². The fourth-order valence-corrected chi connectivity index (χ4v) is 2.51. The second kappa shape index (κ2) is 7.62. The maximum Gasteiger partial charge on any atom is 0.271 e. The van der Waals surface area contributed by atoms with Gasteiger partial charge >= 0.3 is 0 Å². The number of aromatic nitrogens is 2. The molecule has 2 aromatic heterocycles. The first-order chi connectivity index (χ1) is 10.6. The lowest BCUT2D eigenvalue weighted by molar-refractivity contribution is -0.120. The number of nitrogens with zero attached hydrogens (tertiary/aromatic N) is 2. The molecule has 0 unspecified atom stereocenters. The Balaban J connectivity index is 2.06. The predicted octanol–water partition coefficient (Wildman–Crippen LogP) is 0.825. The summed E-state index contributed by atoms with van der Waals surface area (Å²) in [5, 5.41) is 4.82. The first-order valence-electron chi connectivity index (χ1n) is 6.58. The summed E-state index contributed by atoms with van der Waals surface area (Å²) in [4.78, 5) is 31.9. The van der Waals surface area contributed by atoms with Gasteiger partial charge in [0.25, 0.3) is 5.91 Å². The van der Waals surface area contributed by atoms with Crippen molar-refractivity contribution in [1.82, 2.24) is 15.3 Å². The summed E-state index contributed by atoms with van der Waals surface area (Å²) in [5.41, 5.74) is 6.19. The van der Waals surface area contributed by atoms with Gasteiger partial charge in [0.15, 0.2) is 0 Å². The number of rotatable bonds is 7. The SMILES string of the molecule is COCC[C@@H](NC(=O)c1csc(-c2ccccn2)n1)C(N)=O. The van der Waals surface area contributed by atoms with Gasteiger partial charge in [-0.25, -0.2) is 4.98 Å². The van der Waals surface area contributed by atoms with Crippen LogP contribution in [0.5, 0.6) is 0 Å². The maximum atomic E-state index is 12.1. The van der Waals surface area contributed by atoms with Crippen molar-refractivity contribution in [1.29, 1.82) is 0 Å². The lowest BCUT2D eigenvalue weighted by Gasteiger charge is -2.13. The molecule has 0 saturated heterocycles. The van der Waals surface area contributed by atoms with Crippen molar-refractivity contribution in [3.05, 3.63) is 35.5 Å². The van der Waals surface area contributed by atoms with E-state index in [1.54, 1.807) is 17.6 Å². The number of pyridine rings is 1. The van der Waals surface area contributed by atoms with Crippen LogP contribution in [-0.4, -0.2) is 41.5 Å². The Kier molecular flexibility index (Phi) is 5.56. The van der Waals surface area contributed by atoms with Crippen molar-refractivity contribution in [2.24, 2.45) is 5.73 Å². The normalized spacial score (nSPS) is 11.9. The zero-order chi connectivity index (χ0) is 15.9. The van der Waals surface area contributed by atoms with Gasteiger partial charge in [-0.1, -0.05) is 6.07 Å². The minimum atomic E-state index is -0.785. The van der Waals surface area contributed by atoms with Gasteiger partial charge in [0, 0.05) is 25.3 Å². The molecule has 0 aromatic carbocycles. The van der Waals surface area contributed by atoms with E-state index in [-0.39, 0.29) is 5.69 Å². The molecule has 0 radical (unpaired) electrons. The van der Waals surface area contributed by atoms with Crippen LogP contribution in [0.3, 0.4) is 0 Å². The molecule has 2 amide bonds. The van der Waals surface area contributed by atoms with Gasteiger partial charge in [-0.2, -0.15) is 0 Å². The van der Waals surface area contributed by atoms with Crippen LogP contribution < -0.4 is 11.1 Å². The van der Waals surface area contributed by atoms with Gasteiger partial charge in [-0.3, -0.25) is 14.6 Å². The summed E-state index contributed by atoms with van der Waals surface area (Å²) in [5.74, 6) is -1.05. The Morgan fingerprint density at radius 1 is 1.45 bits per heavy atom. The largest absolute Gasteiger partial charge is 0.385 e. The highest BCUT2D eigenvalue weighted by molar-refractivity contribution is 7.13. The molecule has 0 aliphatic heterocycles. The van der Waals surface area contributed by atoms with Gasteiger partial charge in [0.05, 0.1) is 5.69 Å². The summed E-state index contributed by atoms with van der Waals surface area (Å²) in [7, 11) is 1.51. The van der Waals surface area contributed by atoms with Crippen LogP contribution in [0.15, 0.2) is 29.8 Å². The Bertz CT molecular complexity index is 645. The molecule has 3 N–H and O–H groups in total. The fourth-order valence-electron chi connectivity index (χ4n) is 1.74. The number of ether oxygens (including phenoxy) is 1. The van der Waals surface area contributed by atoms with Gasteiger partial charge < -0.3 is 15.8 Å². The molecule has 7 nitrogen and oxygen atoms in total. The molecule has 0 spiro atoms. The molecule has 0 fully saturated rings. The average Bonchev–Trinajstić information content (AvgIpc) is 3.02. The summed E-state index contributed by atoms with van der Waals surface area (Å²) in [6.07, 6.45) is 1.97. The van der Waals surface area contributed by atoms with Crippen molar-refractivity contribution in [2.75, 3.05) is 13.7 Å². The second-order valence-corrected chi connectivity index (χ2v) is 5.32. The van der Waals surface area contributed by atoms with E-state index in [2.05, 4.69) is 15.3 Å². The molecule has 8 heteroatoms. The van der Waals surface area contributed by atoms with E-state index in [1.165, 1.54) is 18.4 Å². The van der Waals surface area contributed by atoms with Gasteiger partial charge in [0.1, 0.15) is 16.7 Å². The molecule has 116 valence electrons. The quantitative estimate of drug-likeness (QED) is 0.785. The van der Waals surface area contributed by atoms with E-state index < -0.39 is 17.9 Å². The number of hydrogen-bond acceptors (Lipinski definition) is 6. The number of hydrogen-bond donors (Lipinski definition) is 2. The van der Waals surface area contributed by atoms with E-state index in [0.717, 1.165) is 0 Å². The van der Waals surface area contributed by atoms with E-state index in [4.69, 9.17) is 10.5 Å². The average molecular weight is 320 g/mol. The van der Waals surface area contributed by atoms with Crippen LogP contribution in [0.1, 0.15) is 16.9 Å². The molecular weight excluding hydrogens is 304 g/mol. The summed E-state index contributed by atoms with van der Waals surface area (Å²) in [6, 6.07) is 4.67. The minimum absolute atomic E-state index is 0.231. The third kappa shape index (κ3) is 4.09. The first-order valence-corrected chi connectivity index (χ1v) is 7.46. The number of nitrogens with two attached hydrogens (primary N) is 1. The summed E-state index contributed by atoms with van der Waals surface area (Å²) < 4.78 is 4.89. The highest BCUT2D eigenvalue weighted by Crippen LogP contribution is 2.21. The van der Waals surface area contributed by atoms with Crippen molar-refractivity contribution >= 4 is 23.2 Å². The van der Waals surface area contributed by atoms with Crippen LogP contribution in [0.25, 0.3) is 10.7 Å². The number of primary amides is 1. The van der Waals surface area contributed by atoms with Crippen LogP contribution >= 0.6 is 11.3 Å². The van der Waals surface area contributed by atoms with E-state index in [1.807, 2.05) is 12.1 Å². The Hall–Kier alpha value is -2.32. The third-order valence-electron chi connectivity index (χ3n) is 2.88. The number of thiazole rings is 1. The molecule has 0 saturated carbocycles. The molecule has 22 heavy (non-hydrogen) atoms. The zero-order valence-electron chi connectivity index (χ0n) is 12.0. The predicted molar refractivity (Wildman–Crippen MR) is 82.3 cm³/mol. The molecule has 2 heterocycles. The van der Waals surface area contributed by atoms with Gasteiger partial charge in [-0.15, -0.1) is 11.3 Å². The lowest BCUT2D eigenvalue weighted by Crippen LogP contribution is -2.45. The Morgan fingerprint density at radius 3 is 2.91 bits per heavy atom. The summed E-state index contributed by atoms with van der Waals surface area (Å²) >= 11 is 1.31. The van der Waals surface area contributed by atoms with Crippen molar-refractivity contribution in [3.8, 4) is 10.7 Å². The van der Waals surface area contributed by atoms with Crippen LogP contribution in [0.2, 0.25) is 0 Å². The standard InChI is InChI=1S/C14H16N4O3S/c1-21-7-5-9(12(15)19)17-13(20)11-8-22-14(18-11)10-4-2-3-6-16-10/h2-4,6,8-9H,5,7H2,1H3,(H2,15,19)(H,17,20)/t9-/m1/s1. The number of carbonyl (C=O) groups excluding carboxylic acids is 2. The number of methoxy groups -OCH3 is 1. The van der Waals surface area contributed by atoms with Gasteiger partial charge in [0.2, 0.25) is 5.91 Å². The molecule has 1 atom stereocenters. The number of nitrogens with one attached hydrogen (secondary N) is 1. The first kappa shape index (κ1) is 16.1. The van der Waals surface area contributed by atoms with E-state index in [0.29, 0.717) is 23.7 Å². The Morgan fingerprint density at radius 2 is 2.27 bits per heavy atom. The third-order valence-corrected chi connectivity index (χ3v) is 3.75. The number of amides is 2. The lowest BCUT2D eigenvalue weighted by atomic mass is 10.2. The minimum Gasteiger partial charge on any atom is -0.385 e. The molecule has 2 aromatic rings. The van der Waals surface area contributed by atoms with E-state index in [9.17, 15) is 9.59 Å². The van der Waals surface area contributed by atoms with Crippen molar-refractivity contribution < 1.29 is 14.3 Å². The molecule has 0 bridgehead atoms. The monoisotopic (exact) mass is 320 g/mol. The molecular formula is C14H16N4O3S. The highest BCUT2D eigenvalue weighted by Gasteiger charge is 2.20. The number of carbonyl (C=O) groups is 2. The van der Waals surface area contributed by atoms with Gasteiger partial charge in [-0.05, 0) is 18.6 Å². The Labute approximate surface area is 131 Å². The summed E-state index contributed by atoms with van der Waals surface area (Å²) in [6.45, 7) is 0.324. The molecule has 2 rings (SSSR count). The highest BCUT2D eigenvalue weighted by atomic mass is 32.1. The topological polar surface area (TPSA) is 107 Å². The van der Waals surface area contributed by atoms with Crippen molar-refractivity contribution in [3.63, 3.8) is 0 Å².